The van der Waals surface area contributed by atoms with Crippen molar-refractivity contribution in [2.24, 2.45) is 0 Å². The minimum Gasteiger partial charge on any atom is -0.360 e. The third-order valence-electron chi connectivity index (χ3n) is 1.97. The molecule has 0 heterocycles. The molecule has 1 rings (SSSR count). The highest BCUT2D eigenvalue weighted by molar-refractivity contribution is 9.10. The lowest BCUT2D eigenvalue weighted by Gasteiger charge is -2.03. The van der Waals surface area contributed by atoms with E-state index in [1.54, 1.807) is 0 Å². The monoisotopic (exact) mass is 327 g/mol. The van der Waals surface area contributed by atoms with Gasteiger partial charge in [0.15, 0.2) is 0 Å². The predicted molar refractivity (Wildman–Crippen MR) is 75.2 cm³/mol. The first-order chi connectivity index (χ1) is 8.67. The Morgan fingerprint density at radius 3 is 2.67 bits per heavy atom. The first-order valence-corrected chi connectivity index (χ1v) is 6.46. The van der Waals surface area contributed by atoms with Crippen LogP contribution in [0, 0.1) is 11.3 Å². The molecule has 1 amide bonds. The Labute approximate surface area is 119 Å². The molecular weight excluding hydrogens is 318 g/mol. The Kier molecular flexibility index (Phi) is 6.26. The maximum absolute atomic E-state index is 11.5. The molecule has 0 saturated carbocycles. The number of nitrogens with zero attached hydrogens (tertiary/aromatic N) is 1. The zero-order valence-electron chi connectivity index (χ0n) is 9.41. The van der Waals surface area contributed by atoms with Gasteiger partial charge in [-0.3, -0.25) is 4.79 Å². The van der Waals surface area contributed by atoms with Crippen molar-refractivity contribution < 1.29 is 4.79 Å². The first kappa shape index (κ1) is 14.6. The summed E-state index contributed by atoms with van der Waals surface area (Å²) in [6, 6.07) is 9.19. The van der Waals surface area contributed by atoms with Crippen LogP contribution in [0.2, 0.25) is 0 Å². The van der Waals surface area contributed by atoms with Gasteiger partial charge in [0, 0.05) is 28.8 Å². The lowest BCUT2D eigenvalue weighted by atomic mass is 10.3. The second kappa shape index (κ2) is 7.75. The molecule has 2 N–H and O–H groups in total. The molecule has 0 aliphatic carbocycles. The molecule has 0 spiro atoms. The molecule has 0 saturated heterocycles. The van der Waals surface area contributed by atoms with Gasteiger partial charge in [0.05, 0.1) is 0 Å². The highest BCUT2D eigenvalue weighted by Gasteiger charge is 2.07. The van der Waals surface area contributed by atoms with Gasteiger partial charge in [-0.15, -0.1) is 11.6 Å². The first-order valence-electron chi connectivity index (χ1n) is 5.14. The second-order valence-electron chi connectivity index (χ2n) is 3.27. The highest BCUT2D eigenvalue weighted by Crippen LogP contribution is 2.14. The van der Waals surface area contributed by atoms with Crippen molar-refractivity contribution in [3.05, 3.63) is 40.5 Å². The molecule has 0 aliphatic heterocycles. The van der Waals surface area contributed by atoms with Crippen LogP contribution < -0.4 is 10.6 Å². The number of hydrogen-bond acceptors (Lipinski definition) is 3. The molecule has 0 radical (unpaired) electrons. The summed E-state index contributed by atoms with van der Waals surface area (Å²) >= 11 is 8.76. The molecule has 94 valence electrons. The average molecular weight is 329 g/mol. The van der Waals surface area contributed by atoms with Gasteiger partial charge in [-0.05, 0) is 24.3 Å². The number of alkyl halides is 1. The number of halogens is 2. The predicted octanol–water partition coefficient (Wildman–Crippen LogP) is 2.62. The van der Waals surface area contributed by atoms with E-state index in [4.69, 9.17) is 16.9 Å². The third-order valence-corrected chi connectivity index (χ3v) is 2.69. The van der Waals surface area contributed by atoms with E-state index in [-0.39, 0.29) is 5.57 Å². The standard InChI is InChI=1S/C12H11BrClN3O/c13-10-1-3-11(4-2-10)17-8-9(7-15)12(18)16-6-5-14/h1-4,8,17H,5-6H2,(H,16,18)/b9-8-. The Bertz CT molecular complexity index is 479. The summed E-state index contributed by atoms with van der Waals surface area (Å²) in [5.41, 5.74) is 0.791. The van der Waals surface area contributed by atoms with Gasteiger partial charge >= 0.3 is 0 Å². The Morgan fingerprint density at radius 1 is 1.44 bits per heavy atom. The van der Waals surface area contributed by atoms with Gasteiger partial charge in [0.1, 0.15) is 11.6 Å². The van der Waals surface area contributed by atoms with Gasteiger partial charge in [-0.1, -0.05) is 15.9 Å². The zero-order chi connectivity index (χ0) is 13.4. The van der Waals surface area contributed by atoms with Crippen molar-refractivity contribution in [1.29, 1.82) is 5.26 Å². The van der Waals surface area contributed by atoms with E-state index >= 15 is 0 Å². The van der Waals surface area contributed by atoms with Crippen LogP contribution in [0.5, 0.6) is 0 Å². The van der Waals surface area contributed by atoms with Crippen molar-refractivity contribution in [2.45, 2.75) is 0 Å². The van der Waals surface area contributed by atoms with Crippen molar-refractivity contribution in [1.82, 2.24) is 5.32 Å². The lowest BCUT2D eigenvalue weighted by Crippen LogP contribution is -2.26. The fraction of sp³-hybridized carbons (Fsp3) is 0.167. The molecule has 0 fully saturated rings. The van der Waals surface area contributed by atoms with Crippen LogP contribution >= 0.6 is 27.5 Å². The number of benzene rings is 1. The molecule has 0 unspecified atom stereocenters. The largest absolute Gasteiger partial charge is 0.360 e. The van der Waals surface area contributed by atoms with Crippen molar-refractivity contribution in [2.75, 3.05) is 17.7 Å². The smallest absolute Gasteiger partial charge is 0.263 e. The minimum atomic E-state index is -0.442. The van der Waals surface area contributed by atoms with Crippen LogP contribution in [-0.4, -0.2) is 18.3 Å². The number of anilines is 1. The zero-order valence-corrected chi connectivity index (χ0v) is 11.8. The molecule has 18 heavy (non-hydrogen) atoms. The molecule has 0 atom stereocenters. The van der Waals surface area contributed by atoms with Crippen LogP contribution in [0.1, 0.15) is 0 Å². The fourth-order valence-electron chi connectivity index (χ4n) is 1.11. The number of nitrogens with one attached hydrogen (secondary N) is 2. The normalized spacial score (nSPS) is 10.6. The average Bonchev–Trinajstić information content (AvgIpc) is 2.39. The number of nitriles is 1. The molecular formula is C12H11BrClN3O. The number of carbonyl (C=O) groups is 1. The fourth-order valence-corrected chi connectivity index (χ4v) is 1.47. The molecule has 4 nitrogen and oxygen atoms in total. The molecule has 1 aromatic rings. The Balaban J connectivity index is 2.66. The maximum Gasteiger partial charge on any atom is 0.263 e. The lowest BCUT2D eigenvalue weighted by molar-refractivity contribution is -0.117. The van der Waals surface area contributed by atoms with Gasteiger partial charge in [0.25, 0.3) is 5.91 Å². The molecule has 0 aromatic heterocycles. The van der Waals surface area contributed by atoms with Gasteiger partial charge in [0.2, 0.25) is 0 Å². The summed E-state index contributed by atoms with van der Waals surface area (Å²) in [5, 5.41) is 14.3. The summed E-state index contributed by atoms with van der Waals surface area (Å²) in [5.74, 6) is -0.132. The van der Waals surface area contributed by atoms with E-state index in [9.17, 15) is 4.79 Å². The van der Waals surface area contributed by atoms with Gasteiger partial charge < -0.3 is 10.6 Å². The van der Waals surface area contributed by atoms with Crippen molar-refractivity contribution in [3.8, 4) is 6.07 Å². The van der Waals surface area contributed by atoms with Gasteiger partial charge in [-0.2, -0.15) is 5.26 Å². The summed E-state index contributed by atoms with van der Waals surface area (Å²) in [7, 11) is 0. The van der Waals surface area contributed by atoms with Crippen molar-refractivity contribution >= 4 is 39.1 Å². The van der Waals surface area contributed by atoms with Crippen LogP contribution in [0.4, 0.5) is 5.69 Å². The number of carbonyl (C=O) groups excluding carboxylic acids is 1. The SMILES string of the molecule is N#C/C(=C/Nc1ccc(Br)cc1)C(=O)NCCCl. The number of amides is 1. The number of hydrogen-bond donors (Lipinski definition) is 2. The maximum atomic E-state index is 11.5. The topological polar surface area (TPSA) is 64.9 Å². The van der Waals surface area contributed by atoms with Crippen LogP contribution in [0.15, 0.2) is 40.5 Å². The van der Waals surface area contributed by atoms with Crippen molar-refractivity contribution in [3.63, 3.8) is 0 Å². The van der Waals surface area contributed by atoms with E-state index in [1.165, 1.54) is 6.20 Å². The summed E-state index contributed by atoms with van der Waals surface area (Å²) in [6.45, 7) is 0.331. The van der Waals surface area contributed by atoms with E-state index in [1.807, 2.05) is 30.3 Å². The van der Waals surface area contributed by atoms with E-state index in [0.717, 1.165) is 10.2 Å². The highest BCUT2D eigenvalue weighted by atomic mass is 79.9. The summed E-state index contributed by atoms with van der Waals surface area (Å²) in [6.07, 6.45) is 1.37. The van der Waals surface area contributed by atoms with E-state index in [2.05, 4.69) is 26.6 Å². The molecule has 6 heteroatoms. The minimum absolute atomic E-state index is 0.00281. The molecule has 1 aromatic carbocycles. The molecule has 0 aliphatic rings. The van der Waals surface area contributed by atoms with Crippen LogP contribution in [0.3, 0.4) is 0 Å². The second-order valence-corrected chi connectivity index (χ2v) is 4.56. The Hall–Kier alpha value is -1.51. The van der Waals surface area contributed by atoms with Crippen LogP contribution in [-0.2, 0) is 4.79 Å². The Morgan fingerprint density at radius 2 is 2.11 bits per heavy atom. The third kappa shape index (κ3) is 4.78. The van der Waals surface area contributed by atoms with E-state index in [0.29, 0.717) is 12.4 Å². The number of rotatable bonds is 5. The quantitative estimate of drug-likeness (QED) is 0.496. The summed E-state index contributed by atoms with van der Waals surface area (Å²) < 4.78 is 0.956. The van der Waals surface area contributed by atoms with E-state index < -0.39 is 5.91 Å². The van der Waals surface area contributed by atoms with Crippen LogP contribution in [0.25, 0.3) is 0 Å². The molecule has 0 bridgehead atoms. The van der Waals surface area contributed by atoms with Gasteiger partial charge in [-0.25, -0.2) is 0 Å². The summed E-state index contributed by atoms with van der Waals surface area (Å²) in [4.78, 5) is 11.5.